The van der Waals surface area contributed by atoms with Gasteiger partial charge in [0.2, 0.25) is 0 Å². The number of benzene rings is 1. The van der Waals surface area contributed by atoms with E-state index in [1.807, 2.05) is 5.32 Å². The highest BCUT2D eigenvalue weighted by atomic mass is 19.2. The van der Waals surface area contributed by atoms with Gasteiger partial charge < -0.3 is 25.1 Å². The van der Waals surface area contributed by atoms with Gasteiger partial charge in [-0.25, -0.2) is 8.78 Å². The van der Waals surface area contributed by atoms with Crippen LogP contribution in [-0.4, -0.2) is 11.9 Å². The van der Waals surface area contributed by atoms with Crippen molar-refractivity contribution in [3.8, 4) is 0 Å². The molecule has 0 aliphatic heterocycles. The van der Waals surface area contributed by atoms with E-state index >= 15 is 0 Å². The van der Waals surface area contributed by atoms with Crippen molar-refractivity contribution in [2.24, 2.45) is 0 Å². The summed E-state index contributed by atoms with van der Waals surface area (Å²) in [5, 5.41) is 22.6. The quantitative estimate of drug-likeness (QED) is 0.404. The van der Waals surface area contributed by atoms with Crippen molar-refractivity contribution in [2.45, 2.75) is 0 Å². The van der Waals surface area contributed by atoms with Crippen molar-refractivity contribution in [1.82, 2.24) is 0 Å². The van der Waals surface area contributed by atoms with Crippen LogP contribution in [0.15, 0.2) is 30.0 Å². The zero-order valence-electron chi connectivity index (χ0n) is 8.20. The molecule has 0 saturated carbocycles. The number of rotatable bonds is 4. The van der Waals surface area contributed by atoms with E-state index in [1.54, 1.807) is 0 Å². The number of aliphatic carboxylic acids is 2. The lowest BCUT2D eigenvalue weighted by atomic mass is 10.2. The number of hydrogen-bond acceptors (Lipinski definition) is 5. The number of hydrogen-bond donors (Lipinski definition) is 1. The van der Waals surface area contributed by atoms with Gasteiger partial charge in [-0.05, 0) is 12.1 Å². The monoisotopic (exact) mass is 241 g/mol. The molecule has 7 heteroatoms. The molecule has 17 heavy (non-hydrogen) atoms. The third kappa shape index (κ3) is 3.00. The van der Waals surface area contributed by atoms with Crippen LogP contribution in [0, 0.1) is 11.6 Å². The molecule has 0 atom stereocenters. The van der Waals surface area contributed by atoms with Crippen LogP contribution in [-0.2, 0) is 9.59 Å². The molecule has 0 aromatic heterocycles. The fourth-order valence-corrected chi connectivity index (χ4v) is 0.966. The van der Waals surface area contributed by atoms with Crippen molar-refractivity contribution >= 4 is 17.6 Å². The molecule has 0 fully saturated rings. The molecule has 1 N–H and O–H groups in total. The summed E-state index contributed by atoms with van der Waals surface area (Å²) in [7, 11) is 0. The summed E-state index contributed by atoms with van der Waals surface area (Å²) in [6.07, 6.45) is 0.447. The van der Waals surface area contributed by atoms with Crippen LogP contribution < -0.4 is 15.5 Å². The first-order valence-electron chi connectivity index (χ1n) is 4.27. The van der Waals surface area contributed by atoms with Crippen LogP contribution in [0.1, 0.15) is 0 Å². The van der Waals surface area contributed by atoms with E-state index < -0.39 is 34.8 Å². The Bertz CT molecular complexity index is 483. The van der Waals surface area contributed by atoms with Gasteiger partial charge in [-0.3, -0.25) is 0 Å². The molecule has 0 bridgehead atoms. The largest absolute Gasteiger partial charge is 0.545 e. The van der Waals surface area contributed by atoms with Crippen LogP contribution in [0.25, 0.3) is 0 Å². The molecular weight excluding hydrogens is 236 g/mol. The minimum atomic E-state index is -2.01. The van der Waals surface area contributed by atoms with Gasteiger partial charge in [-0.2, -0.15) is 0 Å². The zero-order chi connectivity index (χ0) is 13.0. The fourth-order valence-electron chi connectivity index (χ4n) is 0.966. The molecule has 0 aliphatic rings. The number of carboxylic acid groups (broad SMARTS) is 2. The van der Waals surface area contributed by atoms with Crippen LogP contribution in [0.2, 0.25) is 0 Å². The zero-order valence-corrected chi connectivity index (χ0v) is 8.20. The fraction of sp³-hybridized carbons (Fsp3) is 0. The van der Waals surface area contributed by atoms with E-state index in [1.165, 1.54) is 0 Å². The summed E-state index contributed by atoms with van der Waals surface area (Å²) in [6.45, 7) is 0. The molecular formula is C10H5F2NO4-2. The third-order valence-corrected chi connectivity index (χ3v) is 1.76. The maximum atomic E-state index is 13.1. The van der Waals surface area contributed by atoms with Gasteiger partial charge >= 0.3 is 0 Å². The van der Waals surface area contributed by atoms with Crippen LogP contribution in [0.5, 0.6) is 0 Å². The predicted octanol–water partition coefficient (Wildman–Crippen LogP) is -1.24. The van der Waals surface area contributed by atoms with E-state index in [9.17, 15) is 28.6 Å². The highest BCUT2D eigenvalue weighted by molar-refractivity contribution is 6.10. The summed E-state index contributed by atoms with van der Waals surface area (Å²) in [5.41, 5.74) is -1.63. The molecule has 0 aliphatic carbocycles. The van der Waals surface area contributed by atoms with Crippen molar-refractivity contribution in [2.75, 3.05) is 5.32 Å². The molecule has 5 nitrogen and oxygen atoms in total. The Morgan fingerprint density at radius 2 is 1.76 bits per heavy atom. The molecule has 90 valence electrons. The molecule has 1 aromatic carbocycles. The topological polar surface area (TPSA) is 92.3 Å². The van der Waals surface area contributed by atoms with Gasteiger partial charge in [0.05, 0.1) is 17.6 Å². The number of nitrogens with one attached hydrogen (secondary N) is 1. The first-order valence-corrected chi connectivity index (χ1v) is 4.27. The Hall–Kier alpha value is -2.44. The lowest BCUT2D eigenvalue weighted by molar-refractivity contribution is -0.312. The maximum absolute atomic E-state index is 13.1. The Morgan fingerprint density at radius 3 is 2.29 bits per heavy atom. The Morgan fingerprint density at radius 1 is 1.18 bits per heavy atom. The average Bonchev–Trinajstić information content (AvgIpc) is 2.23. The minimum Gasteiger partial charge on any atom is -0.545 e. The summed E-state index contributed by atoms with van der Waals surface area (Å²) >= 11 is 0. The Balaban J connectivity index is 2.99. The second-order valence-corrected chi connectivity index (χ2v) is 2.88. The molecule has 0 heterocycles. The van der Waals surface area contributed by atoms with E-state index in [-0.39, 0.29) is 0 Å². The lowest BCUT2D eigenvalue weighted by Crippen LogP contribution is -2.36. The smallest absolute Gasteiger partial charge is 0.182 e. The van der Waals surface area contributed by atoms with E-state index in [2.05, 4.69) is 0 Å². The molecule has 1 aromatic rings. The Kier molecular flexibility index (Phi) is 3.76. The standard InChI is InChI=1S/C10H7F2NO4/c11-6-2-1-3-7(8(6)12)13-4-5(9(14)15)10(16)17/h1-4,13H,(H,14,15)(H,16,17)/p-2. The highest BCUT2D eigenvalue weighted by Crippen LogP contribution is 2.16. The van der Waals surface area contributed by atoms with Crippen molar-refractivity contribution in [3.63, 3.8) is 0 Å². The van der Waals surface area contributed by atoms with Gasteiger partial charge in [-0.1, -0.05) is 6.07 Å². The van der Waals surface area contributed by atoms with Gasteiger partial charge in [-0.15, -0.1) is 0 Å². The molecule has 0 saturated heterocycles. The van der Waals surface area contributed by atoms with Crippen molar-refractivity contribution < 1.29 is 28.6 Å². The Labute approximate surface area is 94.0 Å². The van der Waals surface area contributed by atoms with E-state index in [0.29, 0.717) is 6.20 Å². The molecule has 0 radical (unpaired) electrons. The summed E-state index contributed by atoms with van der Waals surface area (Å²) in [5.74, 6) is -6.43. The summed E-state index contributed by atoms with van der Waals surface area (Å²) in [4.78, 5) is 20.6. The first-order chi connectivity index (χ1) is 7.93. The summed E-state index contributed by atoms with van der Waals surface area (Å²) < 4.78 is 25.8. The highest BCUT2D eigenvalue weighted by Gasteiger charge is 2.06. The van der Waals surface area contributed by atoms with Crippen molar-refractivity contribution in [3.05, 3.63) is 41.6 Å². The third-order valence-electron chi connectivity index (χ3n) is 1.76. The van der Waals surface area contributed by atoms with Crippen molar-refractivity contribution in [1.29, 1.82) is 0 Å². The van der Waals surface area contributed by atoms with E-state index in [0.717, 1.165) is 18.2 Å². The molecule has 0 spiro atoms. The normalized spacial score (nSPS) is 9.53. The molecule has 0 amide bonds. The lowest BCUT2D eigenvalue weighted by Gasteiger charge is -2.10. The van der Waals surface area contributed by atoms with Gasteiger partial charge in [0, 0.05) is 11.8 Å². The number of anilines is 1. The van der Waals surface area contributed by atoms with E-state index in [4.69, 9.17) is 0 Å². The van der Waals surface area contributed by atoms with Crippen LogP contribution >= 0.6 is 0 Å². The number of carboxylic acids is 2. The molecule has 1 rings (SSSR count). The average molecular weight is 241 g/mol. The van der Waals surface area contributed by atoms with Gasteiger partial charge in [0.15, 0.2) is 11.6 Å². The number of halogens is 2. The number of carbonyl (C=O) groups is 2. The SMILES string of the molecule is O=C([O-])C(=CNc1cccc(F)c1F)C(=O)[O-]. The predicted molar refractivity (Wildman–Crippen MR) is 48.1 cm³/mol. The van der Waals surface area contributed by atoms with Crippen LogP contribution in [0.3, 0.4) is 0 Å². The van der Waals surface area contributed by atoms with Gasteiger partial charge in [0.1, 0.15) is 0 Å². The second kappa shape index (κ2) is 5.06. The summed E-state index contributed by atoms with van der Waals surface area (Å²) in [6, 6.07) is 3.10. The second-order valence-electron chi connectivity index (χ2n) is 2.88. The molecule has 0 unspecified atom stereocenters. The number of carbonyl (C=O) groups excluding carboxylic acids is 2. The first kappa shape index (κ1) is 12.6. The van der Waals surface area contributed by atoms with Gasteiger partial charge in [0.25, 0.3) is 0 Å². The van der Waals surface area contributed by atoms with Crippen LogP contribution in [0.4, 0.5) is 14.5 Å². The minimum absolute atomic E-state index is 0.412. The maximum Gasteiger partial charge on any atom is 0.182 e.